The molecule has 0 fully saturated rings. The van der Waals surface area contributed by atoms with E-state index >= 15 is 0 Å². The topological polar surface area (TPSA) is 24.5 Å². The van der Waals surface area contributed by atoms with Crippen LogP contribution in [0.15, 0.2) is 24.3 Å². The molecular weight excluding hydrogens is 260 g/mol. The van der Waals surface area contributed by atoms with E-state index in [-0.39, 0.29) is 0 Å². The Morgan fingerprint density at radius 3 is 2.29 bits per heavy atom. The third-order valence-corrected chi connectivity index (χ3v) is 3.66. The molecule has 21 heavy (non-hydrogen) atoms. The van der Waals surface area contributed by atoms with Crippen LogP contribution in [0.25, 0.3) is 0 Å². The van der Waals surface area contributed by atoms with Crippen LogP contribution < -0.4 is 10.2 Å². The van der Waals surface area contributed by atoms with Crippen LogP contribution in [0.2, 0.25) is 0 Å². The summed E-state index contributed by atoms with van der Waals surface area (Å²) < 4.78 is 5.59. The molecule has 0 unspecified atom stereocenters. The van der Waals surface area contributed by atoms with Gasteiger partial charge in [-0.05, 0) is 43.9 Å². The smallest absolute Gasteiger partial charge is 0.0591 e. The van der Waals surface area contributed by atoms with Crippen LogP contribution in [0.5, 0.6) is 0 Å². The average Bonchev–Trinajstić information content (AvgIpc) is 2.48. The number of hydrogen-bond acceptors (Lipinski definition) is 3. The molecule has 0 atom stereocenters. The average molecular weight is 292 g/mol. The third kappa shape index (κ3) is 7.49. The molecule has 0 aliphatic carbocycles. The Balaban J connectivity index is 2.18. The lowest BCUT2D eigenvalue weighted by molar-refractivity contribution is 0.125. The van der Waals surface area contributed by atoms with Gasteiger partial charge >= 0.3 is 0 Å². The fourth-order valence-corrected chi connectivity index (χ4v) is 2.21. The maximum atomic E-state index is 5.59. The number of hydrogen-bond donors (Lipinski definition) is 1. The van der Waals surface area contributed by atoms with Crippen molar-refractivity contribution in [2.75, 3.05) is 37.7 Å². The van der Waals surface area contributed by atoms with Gasteiger partial charge in [0.2, 0.25) is 0 Å². The first-order chi connectivity index (χ1) is 10.2. The van der Waals surface area contributed by atoms with Gasteiger partial charge in [0.25, 0.3) is 0 Å². The third-order valence-electron chi connectivity index (χ3n) is 3.66. The molecule has 0 radical (unpaired) electrons. The molecule has 1 aromatic rings. The highest BCUT2D eigenvalue weighted by Crippen LogP contribution is 2.14. The second kappa shape index (κ2) is 10.6. The van der Waals surface area contributed by atoms with Gasteiger partial charge in [0.05, 0.1) is 6.61 Å². The molecule has 0 heterocycles. The molecule has 120 valence electrons. The monoisotopic (exact) mass is 292 g/mol. The van der Waals surface area contributed by atoms with Crippen LogP contribution in [0.3, 0.4) is 0 Å². The van der Waals surface area contributed by atoms with Crippen LogP contribution in [0.1, 0.15) is 39.7 Å². The normalized spacial score (nSPS) is 11.1. The number of anilines is 1. The lowest BCUT2D eigenvalue weighted by Crippen LogP contribution is -2.22. The molecule has 0 saturated heterocycles. The molecule has 0 spiro atoms. The first-order valence-corrected chi connectivity index (χ1v) is 8.29. The molecule has 3 heteroatoms. The molecule has 0 bridgehead atoms. The number of rotatable bonds is 11. The van der Waals surface area contributed by atoms with Gasteiger partial charge in [0.1, 0.15) is 0 Å². The van der Waals surface area contributed by atoms with Crippen molar-refractivity contribution in [2.45, 2.75) is 40.7 Å². The van der Waals surface area contributed by atoms with Crippen molar-refractivity contribution >= 4 is 5.69 Å². The van der Waals surface area contributed by atoms with Gasteiger partial charge in [-0.3, -0.25) is 0 Å². The number of ether oxygens (including phenoxy) is 1. The summed E-state index contributed by atoms with van der Waals surface area (Å²) in [6.07, 6.45) is 1.15. The van der Waals surface area contributed by atoms with Crippen LogP contribution >= 0.6 is 0 Å². The second-order valence-corrected chi connectivity index (χ2v) is 5.81. The predicted molar refractivity (Wildman–Crippen MR) is 92.0 cm³/mol. The maximum absolute atomic E-state index is 5.59. The van der Waals surface area contributed by atoms with Crippen LogP contribution in [-0.4, -0.2) is 32.8 Å². The van der Waals surface area contributed by atoms with E-state index in [4.69, 9.17) is 4.74 Å². The van der Waals surface area contributed by atoms with Crippen molar-refractivity contribution in [3.05, 3.63) is 29.8 Å². The largest absolute Gasteiger partial charge is 0.380 e. The van der Waals surface area contributed by atoms with Crippen molar-refractivity contribution < 1.29 is 4.74 Å². The molecule has 0 aliphatic rings. The van der Waals surface area contributed by atoms with Crippen molar-refractivity contribution in [3.63, 3.8) is 0 Å². The first-order valence-electron chi connectivity index (χ1n) is 8.29. The number of nitrogens with one attached hydrogen (secondary N) is 1. The highest BCUT2D eigenvalue weighted by Gasteiger charge is 2.01. The summed E-state index contributed by atoms with van der Waals surface area (Å²) in [7, 11) is 0. The minimum Gasteiger partial charge on any atom is -0.380 e. The van der Waals surface area contributed by atoms with E-state index in [0.29, 0.717) is 0 Å². The van der Waals surface area contributed by atoms with E-state index in [9.17, 15) is 0 Å². The van der Waals surface area contributed by atoms with Crippen molar-refractivity contribution in [3.8, 4) is 0 Å². The van der Waals surface area contributed by atoms with Gasteiger partial charge in [-0.15, -0.1) is 0 Å². The van der Waals surface area contributed by atoms with Crippen LogP contribution in [-0.2, 0) is 11.3 Å². The van der Waals surface area contributed by atoms with Gasteiger partial charge in [-0.2, -0.15) is 0 Å². The van der Waals surface area contributed by atoms with E-state index in [1.54, 1.807) is 0 Å². The zero-order valence-corrected chi connectivity index (χ0v) is 14.2. The van der Waals surface area contributed by atoms with Gasteiger partial charge in [-0.25, -0.2) is 0 Å². The fraction of sp³-hybridized carbons (Fsp3) is 0.667. The summed E-state index contributed by atoms with van der Waals surface area (Å²) in [5.41, 5.74) is 2.63. The Morgan fingerprint density at radius 2 is 1.71 bits per heavy atom. The van der Waals surface area contributed by atoms with Crippen LogP contribution in [0.4, 0.5) is 5.69 Å². The van der Waals surface area contributed by atoms with E-state index in [0.717, 1.165) is 51.7 Å². The molecule has 1 rings (SSSR count). The Morgan fingerprint density at radius 1 is 1.05 bits per heavy atom. The molecular formula is C18H32N2O. The summed E-state index contributed by atoms with van der Waals surface area (Å²) in [6.45, 7) is 14.4. The summed E-state index contributed by atoms with van der Waals surface area (Å²) in [5.74, 6) is 0.724. The minimum atomic E-state index is 0.724. The van der Waals surface area contributed by atoms with Crippen LogP contribution in [0, 0.1) is 5.92 Å². The van der Waals surface area contributed by atoms with Gasteiger partial charge in [0.15, 0.2) is 0 Å². The maximum Gasteiger partial charge on any atom is 0.0591 e. The van der Waals surface area contributed by atoms with Crippen molar-refractivity contribution in [1.82, 2.24) is 5.32 Å². The van der Waals surface area contributed by atoms with E-state index in [1.807, 2.05) is 0 Å². The quantitative estimate of drug-likeness (QED) is 0.630. The highest BCUT2D eigenvalue weighted by molar-refractivity contribution is 5.47. The second-order valence-electron chi connectivity index (χ2n) is 5.81. The minimum absolute atomic E-state index is 0.724. The molecule has 1 N–H and O–H groups in total. The Labute approximate surface area is 130 Å². The van der Waals surface area contributed by atoms with E-state index in [2.05, 4.69) is 62.2 Å². The van der Waals surface area contributed by atoms with Gasteiger partial charge < -0.3 is 15.0 Å². The van der Waals surface area contributed by atoms with E-state index in [1.165, 1.54) is 11.3 Å². The number of benzene rings is 1. The summed E-state index contributed by atoms with van der Waals surface area (Å²) >= 11 is 0. The summed E-state index contributed by atoms with van der Waals surface area (Å²) in [4.78, 5) is 2.36. The van der Waals surface area contributed by atoms with E-state index < -0.39 is 0 Å². The standard InChI is InChI=1S/C18H32N2O/c1-5-20(6-2)18-9-7-17(8-10-18)15-19-12-14-21-13-11-16(3)4/h7-10,16,19H,5-6,11-15H2,1-4H3. The SMILES string of the molecule is CCN(CC)c1ccc(CNCCOCCC(C)C)cc1. The van der Waals surface area contributed by atoms with Crippen molar-refractivity contribution in [1.29, 1.82) is 0 Å². The number of nitrogens with zero attached hydrogens (tertiary/aromatic N) is 1. The summed E-state index contributed by atoms with van der Waals surface area (Å²) in [5, 5.41) is 3.43. The molecule has 0 aromatic heterocycles. The lowest BCUT2D eigenvalue weighted by Gasteiger charge is -2.21. The Bertz CT molecular complexity index is 358. The molecule has 3 nitrogen and oxygen atoms in total. The Hall–Kier alpha value is -1.06. The molecule has 0 saturated carbocycles. The predicted octanol–water partition coefficient (Wildman–Crippen LogP) is 3.69. The Kier molecular flexibility index (Phi) is 9.11. The van der Waals surface area contributed by atoms with Gasteiger partial charge in [-0.1, -0.05) is 26.0 Å². The van der Waals surface area contributed by atoms with Gasteiger partial charge in [0, 0.05) is 38.5 Å². The first kappa shape index (κ1) is 18.0. The zero-order valence-electron chi connectivity index (χ0n) is 14.2. The summed E-state index contributed by atoms with van der Waals surface area (Å²) in [6, 6.07) is 8.84. The fourth-order valence-electron chi connectivity index (χ4n) is 2.21. The molecule has 0 amide bonds. The highest BCUT2D eigenvalue weighted by atomic mass is 16.5. The lowest BCUT2D eigenvalue weighted by atomic mass is 10.1. The molecule has 0 aliphatic heterocycles. The van der Waals surface area contributed by atoms with Crippen molar-refractivity contribution in [2.24, 2.45) is 5.92 Å². The molecule has 1 aromatic carbocycles. The zero-order chi connectivity index (χ0) is 15.5.